The molecule has 0 bridgehead atoms. The van der Waals surface area contributed by atoms with Crippen LogP contribution in [0.25, 0.3) is 0 Å². The van der Waals surface area contributed by atoms with E-state index >= 15 is 0 Å². The molecule has 23 heteroatoms. The van der Waals surface area contributed by atoms with Crippen LogP contribution in [0.3, 0.4) is 0 Å². The van der Waals surface area contributed by atoms with E-state index in [9.17, 15) is 28.8 Å². The van der Waals surface area contributed by atoms with Crippen molar-refractivity contribution in [3.05, 3.63) is 96.6 Å². The molecule has 3 aromatic rings. The Morgan fingerprint density at radius 3 is 1.25 bits per heavy atom. The zero-order valence-corrected chi connectivity index (χ0v) is 51.6. The van der Waals surface area contributed by atoms with E-state index in [-0.39, 0.29) is 78.6 Å². The van der Waals surface area contributed by atoms with Crippen molar-refractivity contribution in [1.29, 1.82) is 5.26 Å². The maximum Gasteiger partial charge on any atom is 0.437 e. The average Bonchev–Trinajstić information content (AvgIpc) is 3.30. The Labute approximate surface area is 491 Å². The van der Waals surface area contributed by atoms with E-state index in [0.717, 1.165) is 26.0 Å². The number of carbonyl (C=O) groups excluding carboxylic acids is 6. The number of urea groups is 2. The number of hydrogen-bond donors (Lipinski definition) is 0. The monoisotopic (exact) mass is 1240 g/mol. The van der Waals surface area contributed by atoms with Crippen molar-refractivity contribution in [3.8, 4) is 11.8 Å². The first-order chi connectivity index (χ1) is 36.5. The van der Waals surface area contributed by atoms with Gasteiger partial charge in [0.25, 0.3) is 0 Å². The predicted molar refractivity (Wildman–Crippen MR) is 309 cm³/mol. The number of rotatable bonds is 7. The van der Waals surface area contributed by atoms with Crippen LogP contribution < -0.4 is 25.9 Å². The van der Waals surface area contributed by atoms with Crippen LogP contribution in [0.2, 0.25) is 0 Å². The number of benzene rings is 3. The molecule has 2 aliphatic rings. The molecule has 0 spiro atoms. The van der Waals surface area contributed by atoms with Gasteiger partial charge in [-0.05, 0) is 54.0 Å². The van der Waals surface area contributed by atoms with E-state index in [4.69, 9.17) is 28.9 Å². The van der Waals surface area contributed by atoms with Crippen molar-refractivity contribution < 1.29 is 73.7 Å². The number of aliphatic imine (C=N–C) groups is 2. The number of ether oxygens (including phenoxy) is 5. The maximum absolute atomic E-state index is 13.7. The van der Waals surface area contributed by atoms with E-state index in [1.165, 1.54) is 39.9 Å². The summed E-state index contributed by atoms with van der Waals surface area (Å²) in [6.07, 6.45) is -3.05. The third kappa shape index (κ3) is 24.9. The summed E-state index contributed by atoms with van der Waals surface area (Å²) in [7, 11) is 8.19. The summed E-state index contributed by atoms with van der Waals surface area (Å²) in [6.45, 7) is 25.1. The zero-order chi connectivity index (χ0) is 59.8. The van der Waals surface area contributed by atoms with Crippen molar-refractivity contribution in [1.82, 2.24) is 39.2 Å². The number of halogens is 1. The zero-order valence-electron chi connectivity index (χ0n) is 49.5. The van der Waals surface area contributed by atoms with Crippen molar-refractivity contribution in [2.75, 3.05) is 62.0 Å². The predicted octanol–water partition coefficient (Wildman–Crippen LogP) is 8.11. The van der Waals surface area contributed by atoms with Crippen LogP contribution in [0.4, 0.5) is 28.8 Å². The quantitative estimate of drug-likeness (QED) is 0.0944. The third-order valence-electron chi connectivity index (χ3n) is 10.2. The topological polar surface area (TPSA) is 223 Å². The average molecular weight is 1240 g/mol. The normalized spacial score (nSPS) is 14.1. The number of nitriles is 1. The molecule has 0 unspecified atom stereocenters. The van der Waals surface area contributed by atoms with Crippen LogP contribution in [-0.4, -0.2) is 172 Å². The fourth-order valence-electron chi connectivity index (χ4n) is 7.23. The third-order valence-corrected chi connectivity index (χ3v) is 12.8. The number of methoxy groups -OCH3 is 1. The molecular weight excluding hydrogens is 1150 g/mol. The molecule has 0 aromatic heterocycles. The van der Waals surface area contributed by atoms with Crippen molar-refractivity contribution >= 4 is 48.4 Å². The summed E-state index contributed by atoms with van der Waals surface area (Å²) in [5, 5.41) is 7.32. The molecular formula is C58H89IN11O11-. The first-order valence-electron chi connectivity index (χ1n) is 25.3. The molecule has 0 saturated carbocycles. The van der Waals surface area contributed by atoms with Crippen LogP contribution in [0, 0.1) is 25.4 Å². The number of hydrogen-bond acceptors (Lipinski definition) is 12. The number of aryl methyl sites for hydroxylation is 1. The molecule has 2 heterocycles. The Bertz CT molecular complexity index is 2680. The summed E-state index contributed by atoms with van der Waals surface area (Å²) >= 11 is -0.503. The number of nitrogens with zero attached hydrogens (tertiary/aromatic N) is 11. The second-order valence-electron chi connectivity index (χ2n) is 22.5. The Balaban J connectivity index is 0.000000769. The van der Waals surface area contributed by atoms with Crippen LogP contribution >= 0.6 is 0 Å². The van der Waals surface area contributed by atoms with Gasteiger partial charge < -0.3 is 24.2 Å². The van der Waals surface area contributed by atoms with Crippen molar-refractivity contribution in [3.63, 3.8) is 0 Å². The van der Waals surface area contributed by atoms with Crippen LogP contribution in [0.1, 0.15) is 122 Å². The second kappa shape index (κ2) is 31.0. The molecule has 0 radical (unpaired) electrons. The van der Waals surface area contributed by atoms with Gasteiger partial charge in [0.15, 0.2) is 0 Å². The molecule has 81 heavy (non-hydrogen) atoms. The summed E-state index contributed by atoms with van der Waals surface area (Å²) in [5.41, 5.74) is -0.465. The molecule has 22 nitrogen and oxygen atoms in total. The Kier molecular flexibility index (Phi) is 27.4. The largest absolute Gasteiger partial charge is 0.443 e. The number of amides is 8. The van der Waals surface area contributed by atoms with Crippen LogP contribution in [0.15, 0.2) is 82.8 Å². The molecule has 2 aliphatic heterocycles. The minimum Gasteiger partial charge on any atom is -0.443 e. The van der Waals surface area contributed by atoms with Gasteiger partial charge in [-0.1, -0.05) is 44.7 Å². The summed E-state index contributed by atoms with van der Waals surface area (Å²) in [6, 6.07) is 25.0. The van der Waals surface area contributed by atoms with Gasteiger partial charge >= 0.3 is 278 Å². The standard InChI is InChI=1S/C30H41IN5O6.C24H37N5O5.C2H3N.2CH4/c1-29(2,3)41-26(37)32-25(35-19-33(7)27(38)34(8)20-35)36(28(39)42-30(4,5)6)18-21-11-10-12-23(17-21)31-22-13-15-24(40-9)16-14-22;1-17-11-10-12-18(13-17)14-29(22(32)34-24(5,6)7)19(25-20(30)33-23(2,3)4)28-15-26(8)21(31)27(9)16-28;1-2-3;;/h10-17H,18-20H2,1-9H3;10-13H,14-16H2,1-9H3;1H3;2*1H4/q-1;;;;. The molecule has 5 rings (SSSR count). The molecule has 2 saturated heterocycles. The van der Waals surface area contributed by atoms with Crippen LogP contribution in [-0.2, 0) is 32.0 Å². The molecule has 450 valence electrons. The molecule has 0 atom stereocenters. The van der Waals surface area contributed by atoms with E-state index in [1.807, 2.05) is 55.5 Å². The molecule has 0 N–H and O–H groups in total. The maximum atomic E-state index is 13.7. The smallest absolute Gasteiger partial charge is 0.437 e. The van der Waals surface area contributed by atoms with E-state index in [2.05, 4.69) is 34.3 Å². The van der Waals surface area contributed by atoms with Gasteiger partial charge in [-0.3, -0.25) is 0 Å². The fraction of sp³-hybridized carbons (Fsp3) is 0.534. The van der Waals surface area contributed by atoms with Gasteiger partial charge in [0.1, 0.15) is 11.2 Å². The second-order valence-corrected chi connectivity index (χ2v) is 25.5. The molecule has 0 aliphatic carbocycles. The van der Waals surface area contributed by atoms with Crippen molar-refractivity contribution in [2.24, 2.45) is 9.98 Å². The first kappa shape index (κ1) is 71.7. The number of carbonyl (C=O) groups is 6. The Morgan fingerprint density at radius 1 is 0.568 bits per heavy atom. The molecule has 3 aromatic carbocycles. The van der Waals surface area contributed by atoms with Gasteiger partial charge in [-0.15, -0.1) is 4.99 Å². The number of guanidine groups is 2. The molecule has 2 fully saturated rings. The van der Waals surface area contributed by atoms with Gasteiger partial charge in [0.2, 0.25) is 5.96 Å². The molecule has 8 amide bonds. The minimum absolute atomic E-state index is 0. The van der Waals surface area contributed by atoms with E-state index in [0.29, 0.717) is 0 Å². The van der Waals surface area contributed by atoms with Gasteiger partial charge in [-0.25, -0.2) is 19.3 Å². The van der Waals surface area contributed by atoms with Crippen molar-refractivity contribution in [2.45, 2.75) is 147 Å². The Morgan fingerprint density at radius 2 is 0.914 bits per heavy atom. The van der Waals surface area contributed by atoms with Crippen LogP contribution in [0.5, 0.6) is 5.75 Å². The van der Waals surface area contributed by atoms with E-state index in [1.54, 1.807) is 134 Å². The van der Waals surface area contributed by atoms with E-state index < -0.39 is 68.0 Å². The van der Waals surface area contributed by atoms with Gasteiger partial charge in [-0.2, -0.15) is 5.26 Å². The van der Waals surface area contributed by atoms with Gasteiger partial charge in [0, 0.05) is 21.0 Å². The Hall–Kier alpha value is -7.36. The first-order valence-corrected chi connectivity index (χ1v) is 27.5. The SMILES string of the molecule is C.C.CC#N.COc1ccc([I-]c2cccc(CN(C(=O)OC(C)(C)C)C(=NC(=O)OC(C)(C)C)N3CN(C)C(=O)N(C)C3)c2)cc1.Cc1cccc(CN(C(=O)OC(C)(C)C)C(=NC(=O)OC(C)(C)C)N2CN(C)C(=O)N(C)C2)c1. The fourth-order valence-corrected chi connectivity index (χ4v) is 9.61. The van der Waals surface area contributed by atoms with Gasteiger partial charge in [0.05, 0.1) is 26.0 Å². The minimum atomic E-state index is -0.854. The summed E-state index contributed by atoms with van der Waals surface area (Å²) < 4.78 is 30.0. The summed E-state index contributed by atoms with van der Waals surface area (Å²) in [4.78, 5) is 98.0. The summed E-state index contributed by atoms with van der Waals surface area (Å²) in [5.74, 6) is 0.869.